The fourth-order valence-electron chi connectivity index (χ4n) is 5.31. The van der Waals surface area contributed by atoms with Crippen molar-refractivity contribution >= 4 is 40.5 Å². The number of hydrogen-bond acceptors (Lipinski definition) is 8. The number of amides is 4. The molecule has 0 saturated carbocycles. The number of nitrogens with zero attached hydrogens (tertiary/aromatic N) is 3. The van der Waals surface area contributed by atoms with Crippen LogP contribution in [0.25, 0.3) is 11.3 Å². The van der Waals surface area contributed by atoms with E-state index in [-0.39, 0.29) is 30.6 Å². The van der Waals surface area contributed by atoms with Crippen LogP contribution in [0.5, 0.6) is 0 Å². The maximum atomic E-state index is 13.1. The Morgan fingerprint density at radius 3 is 2.33 bits per heavy atom. The largest absolute Gasteiger partial charge is 0.445 e. The zero-order chi connectivity index (χ0) is 32.0. The van der Waals surface area contributed by atoms with Gasteiger partial charge in [-0.2, -0.15) is 0 Å². The summed E-state index contributed by atoms with van der Waals surface area (Å²) >= 11 is 1.29. The molecule has 2 aliphatic heterocycles. The molecule has 3 aromatic rings. The molecule has 0 aliphatic carbocycles. The van der Waals surface area contributed by atoms with Crippen molar-refractivity contribution < 1.29 is 28.7 Å². The lowest BCUT2D eigenvalue weighted by atomic mass is 10.0. The summed E-state index contributed by atoms with van der Waals surface area (Å²) in [4.78, 5) is 58.7. The third-order valence-electron chi connectivity index (χ3n) is 7.65. The molecular formula is C33H39N5O6S. The van der Waals surface area contributed by atoms with Crippen molar-refractivity contribution in [3.63, 3.8) is 0 Å². The van der Waals surface area contributed by atoms with Crippen molar-refractivity contribution in [1.82, 2.24) is 20.1 Å². The average molecular weight is 634 g/mol. The van der Waals surface area contributed by atoms with Gasteiger partial charge in [0.1, 0.15) is 18.2 Å². The molecule has 11 nitrogen and oxygen atoms in total. The molecule has 0 bridgehead atoms. The Morgan fingerprint density at radius 2 is 1.64 bits per heavy atom. The number of thiazole rings is 1. The molecule has 12 heteroatoms. The van der Waals surface area contributed by atoms with Crippen LogP contribution in [-0.2, 0) is 20.9 Å². The summed E-state index contributed by atoms with van der Waals surface area (Å²) in [6.07, 6.45) is 1.75. The summed E-state index contributed by atoms with van der Waals surface area (Å²) in [5.41, 5.74) is 2.34. The number of anilines is 1. The minimum Gasteiger partial charge on any atom is -0.445 e. The first kappa shape index (κ1) is 32.0. The number of aromatic nitrogens is 1. The van der Waals surface area contributed by atoms with Gasteiger partial charge in [-0.05, 0) is 64.2 Å². The van der Waals surface area contributed by atoms with Gasteiger partial charge in [-0.25, -0.2) is 14.6 Å². The van der Waals surface area contributed by atoms with E-state index in [0.29, 0.717) is 61.7 Å². The van der Waals surface area contributed by atoms with Crippen molar-refractivity contribution in [1.29, 1.82) is 0 Å². The minimum absolute atomic E-state index is 0.0258. The van der Waals surface area contributed by atoms with Crippen LogP contribution in [0.3, 0.4) is 0 Å². The lowest BCUT2D eigenvalue weighted by Crippen LogP contribution is -2.47. The first-order valence-electron chi connectivity index (χ1n) is 15.2. The molecule has 5 rings (SSSR count). The Morgan fingerprint density at radius 1 is 0.933 bits per heavy atom. The highest BCUT2D eigenvalue weighted by atomic mass is 32.1. The Kier molecular flexibility index (Phi) is 10.0. The van der Waals surface area contributed by atoms with E-state index in [4.69, 9.17) is 9.47 Å². The average Bonchev–Trinajstić information content (AvgIpc) is 3.70. The molecule has 1 aromatic heterocycles. The molecule has 0 radical (unpaired) electrons. The van der Waals surface area contributed by atoms with Crippen LogP contribution < -0.4 is 10.6 Å². The summed E-state index contributed by atoms with van der Waals surface area (Å²) in [5, 5.41) is 8.18. The molecule has 2 fully saturated rings. The topological polar surface area (TPSA) is 130 Å². The maximum Gasteiger partial charge on any atom is 0.410 e. The lowest BCUT2D eigenvalue weighted by Gasteiger charge is -2.33. The molecule has 2 aliphatic rings. The van der Waals surface area contributed by atoms with Gasteiger partial charge < -0.3 is 25.0 Å². The van der Waals surface area contributed by atoms with Crippen molar-refractivity contribution in [2.45, 2.75) is 70.7 Å². The second kappa shape index (κ2) is 14.1. The fraction of sp³-hybridized carbons (Fsp3) is 0.424. The molecule has 1 atom stereocenters. The highest BCUT2D eigenvalue weighted by Gasteiger charge is 2.35. The fourth-order valence-corrected chi connectivity index (χ4v) is 6.03. The number of nitrogens with one attached hydrogen (secondary N) is 2. The molecular weight excluding hydrogens is 594 g/mol. The molecule has 0 unspecified atom stereocenters. The van der Waals surface area contributed by atoms with Crippen LogP contribution in [0.1, 0.15) is 62.4 Å². The summed E-state index contributed by atoms with van der Waals surface area (Å²) in [6.45, 7) is 7.18. The Hall–Kier alpha value is -4.45. The van der Waals surface area contributed by atoms with Gasteiger partial charge in [0.15, 0.2) is 5.13 Å². The molecule has 45 heavy (non-hydrogen) atoms. The Bertz CT molecular complexity index is 1500. The number of ether oxygens (including phenoxy) is 2. The molecule has 3 heterocycles. The van der Waals surface area contributed by atoms with E-state index in [9.17, 15) is 19.2 Å². The van der Waals surface area contributed by atoms with Gasteiger partial charge >= 0.3 is 12.2 Å². The van der Waals surface area contributed by atoms with E-state index in [0.717, 1.165) is 11.1 Å². The van der Waals surface area contributed by atoms with Gasteiger partial charge in [-0.1, -0.05) is 42.5 Å². The van der Waals surface area contributed by atoms with E-state index in [1.807, 2.05) is 68.6 Å². The summed E-state index contributed by atoms with van der Waals surface area (Å²) in [5.74, 6) is -0.471. The van der Waals surface area contributed by atoms with Crippen molar-refractivity contribution in [2.75, 3.05) is 25.0 Å². The van der Waals surface area contributed by atoms with Gasteiger partial charge in [0, 0.05) is 42.2 Å². The third-order valence-corrected chi connectivity index (χ3v) is 8.41. The smallest absolute Gasteiger partial charge is 0.410 e. The zero-order valence-electron chi connectivity index (χ0n) is 25.8. The molecule has 0 spiro atoms. The second-order valence-corrected chi connectivity index (χ2v) is 13.1. The number of benzene rings is 2. The highest BCUT2D eigenvalue weighted by molar-refractivity contribution is 7.14. The van der Waals surface area contributed by atoms with Gasteiger partial charge in [-0.15, -0.1) is 11.3 Å². The van der Waals surface area contributed by atoms with Crippen LogP contribution in [0, 0.1) is 0 Å². The Labute approximate surface area is 266 Å². The Balaban J connectivity index is 1.10. The minimum atomic E-state index is -0.622. The predicted octanol–water partition coefficient (Wildman–Crippen LogP) is 5.68. The molecule has 4 amide bonds. The quantitative estimate of drug-likeness (QED) is 0.343. The summed E-state index contributed by atoms with van der Waals surface area (Å²) in [6, 6.07) is 15.9. The number of rotatable bonds is 7. The number of piperidine rings is 1. The van der Waals surface area contributed by atoms with Crippen LogP contribution >= 0.6 is 11.3 Å². The van der Waals surface area contributed by atoms with E-state index in [2.05, 4.69) is 15.6 Å². The maximum absolute atomic E-state index is 13.1. The second-order valence-electron chi connectivity index (χ2n) is 12.2. The zero-order valence-corrected chi connectivity index (χ0v) is 26.6. The number of carbonyl (C=O) groups is 4. The van der Waals surface area contributed by atoms with Gasteiger partial charge in [-0.3, -0.25) is 14.5 Å². The highest BCUT2D eigenvalue weighted by Crippen LogP contribution is 2.27. The van der Waals surface area contributed by atoms with Crippen LogP contribution in [0.15, 0.2) is 60.0 Å². The van der Waals surface area contributed by atoms with Crippen molar-refractivity contribution in [2.24, 2.45) is 0 Å². The SMILES string of the molecule is CC(C)(C)OC(=O)N1CCC(NC(=O)c2ccc(-c3csc(NC(=O)[C@H]4CCCN4C(=O)OCc4ccccc4)n3)cc2)CC1. The molecule has 2 aromatic carbocycles. The van der Waals surface area contributed by atoms with E-state index in [1.165, 1.54) is 16.2 Å². The molecule has 2 N–H and O–H groups in total. The van der Waals surface area contributed by atoms with Crippen molar-refractivity contribution in [3.8, 4) is 11.3 Å². The van der Waals surface area contributed by atoms with Gasteiger partial charge in [0.05, 0.1) is 5.69 Å². The van der Waals surface area contributed by atoms with E-state index in [1.54, 1.807) is 17.0 Å². The van der Waals surface area contributed by atoms with Crippen LogP contribution in [-0.4, -0.2) is 76.1 Å². The summed E-state index contributed by atoms with van der Waals surface area (Å²) < 4.78 is 10.9. The number of carbonyl (C=O) groups excluding carboxylic acids is 4. The first-order chi connectivity index (χ1) is 21.6. The summed E-state index contributed by atoms with van der Waals surface area (Å²) in [7, 11) is 0. The number of likely N-dealkylation sites (tertiary alicyclic amines) is 2. The predicted molar refractivity (Wildman–Crippen MR) is 171 cm³/mol. The van der Waals surface area contributed by atoms with Crippen molar-refractivity contribution in [3.05, 3.63) is 71.1 Å². The molecule has 2 saturated heterocycles. The van der Waals surface area contributed by atoms with Gasteiger partial charge in [0.25, 0.3) is 5.91 Å². The first-order valence-corrected chi connectivity index (χ1v) is 16.1. The van der Waals surface area contributed by atoms with Gasteiger partial charge in [0.2, 0.25) is 5.91 Å². The third kappa shape index (κ3) is 8.59. The monoisotopic (exact) mass is 633 g/mol. The van der Waals surface area contributed by atoms with Crippen LogP contribution in [0.2, 0.25) is 0 Å². The number of hydrogen-bond donors (Lipinski definition) is 2. The standard InChI is InChI=1S/C33H39N5O6S/c1-33(2,3)44-31(41)37-18-15-25(16-19-37)34-28(39)24-13-11-23(12-14-24)26-21-45-30(35-26)36-29(40)27-10-7-17-38(27)32(42)43-20-22-8-5-4-6-9-22/h4-6,8-9,11-14,21,25,27H,7,10,15-20H2,1-3H3,(H,34,39)(H,35,36,40)/t27-/m1/s1. The normalized spacial score (nSPS) is 17.1. The molecule has 238 valence electrons. The lowest BCUT2D eigenvalue weighted by molar-refractivity contribution is -0.120. The van der Waals surface area contributed by atoms with E-state index < -0.39 is 17.7 Å². The van der Waals surface area contributed by atoms with E-state index >= 15 is 0 Å². The van der Waals surface area contributed by atoms with Crippen LogP contribution in [0.4, 0.5) is 14.7 Å².